The van der Waals surface area contributed by atoms with Gasteiger partial charge in [0.05, 0.1) is 6.54 Å². The van der Waals surface area contributed by atoms with Gasteiger partial charge in [-0.25, -0.2) is 0 Å². The van der Waals surface area contributed by atoms with Crippen LogP contribution in [0, 0.1) is 5.92 Å². The van der Waals surface area contributed by atoms with E-state index in [4.69, 9.17) is 0 Å². The highest BCUT2D eigenvalue weighted by molar-refractivity contribution is 9.10. The van der Waals surface area contributed by atoms with Crippen LogP contribution >= 0.6 is 15.9 Å². The Bertz CT molecular complexity index is 764. The van der Waals surface area contributed by atoms with Crippen molar-refractivity contribution in [1.29, 1.82) is 0 Å². The first kappa shape index (κ1) is 14.6. The minimum absolute atomic E-state index is 0.690. The summed E-state index contributed by atoms with van der Waals surface area (Å²) in [5.74, 6) is 0.690. The third-order valence-corrected chi connectivity index (χ3v) is 4.86. The summed E-state index contributed by atoms with van der Waals surface area (Å²) in [7, 11) is 0. The Hall–Kier alpha value is -2.00. The molecule has 1 unspecified atom stereocenters. The number of allylic oxidation sites excluding steroid dienone is 2. The van der Waals surface area contributed by atoms with E-state index in [1.165, 1.54) is 28.9 Å². The summed E-state index contributed by atoms with van der Waals surface area (Å²) in [6.45, 7) is 1.79. The van der Waals surface area contributed by atoms with Gasteiger partial charge in [0.1, 0.15) is 0 Å². The third kappa shape index (κ3) is 3.50. The Labute approximate surface area is 145 Å². The molecule has 0 spiro atoms. The predicted octanol–water partition coefficient (Wildman–Crippen LogP) is 4.85. The average molecular weight is 367 g/mol. The fourth-order valence-electron chi connectivity index (χ4n) is 3.04. The van der Waals surface area contributed by atoms with Gasteiger partial charge in [-0.2, -0.15) is 0 Å². The molecular formula is C20H19BrN2. The fourth-order valence-corrected chi connectivity index (χ4v) is 3.49. The highest BCUT2D eigenvalue weighted by atomic mass is 79.9. The maximum absolute atomic E-state index is 3.57. The lowest BCUT2D eigenvalue weighted by Crippen LogP contribution is -2.29. The highest BCUT2D eigenvalue weighted by Crippen LogP contribution is 2.41. The van der Waals surface area contributed by atoms with Crippen LogP contribution in [0.5, 0.6) is 0 Å². The molecule has 1 saturated carbocycles. The summed E-state index contributed by atoms with van der Waals surface area (Å²) in [6, 6.07) is 19.2. The number of para-hydroxylation sites is 1. The second-order valence-electron chi connectivity index (χ2n) is 6.19. The zero-order chi connectivity index (χ0) is 15.6. The van der Waals surface area contributed by atoms with Gasteiger partial charge in [-0.15, -0.1) is 0 Å². The average Bonchev–Trinajstić information content (AvgIpc) is 3.34. The van der Waals surface area contributed by atoms with E-state index < -0.39 is 0 Å². The van der Waals surface area contributed by atoms with E-state index in [2.05, 4.69) is 93.0 Å². The number of nitrogens with zero attached hydrogens (tertiary/aromatic N) is 1. The summed E-state index contributed by atoms with van der Waals surface area (Å²) >= 11 is 3.57. The quantitative estimate of drug-likeness (QED) is 0.813. The van der Waals surface area contributed by atoms with Gasteiger partial charge in [0, 0.05) is 34.5 Å². The van der Waals surface area contributed by atoms with Gasteiger partial charge in [-0.05, 0) is 41.8 Å². The van der Waals surface area contributed by atoms with Crippen molar-refractivity contribution in [3.63, 3.8) is 0 Å². The lowest BCUT2D eigenvalue weighted by atomic mass is 10.1. The van der Waals surface area contributed by atoms with Crippen LogP contribution in [0.1, 0.15) is 12.0 Å². The second-order valence-corrected chi connectivity index (χ2v) is 7.10. The molecule has 116 valence electrons. The van der Waals surface area contributed by atoms with Crippen molar-refractivity contribution >= 4 is 21.6 Å². The number of halogens is 1. The lowest BCUT2D eigenvalue weighted by molar-refractivity contribution is 0.797. The molecule has 0 bridgehead atoms. The van der Waals surface area contributed by atoms with Crippen LogP contribution in [0.3, 0.4) is 0 Å². The molecule has 1 atom stereocenters. The van der Waals surface area contributed by atoms with Crippen molar-refractivity contribution in [2.45, 2.75) is 13.0 Å². The summed E-state index contributed by atoms with van der Waals surface area (Å²) in [5.41, 5.74) is 5.39. The molecule has 0 aromatic heterocycles. The molecule has 2 aromatic rings. The van der Waals surface area contributed by atoms with E-state index in [1.807, 2.05) is 0 Å². The summed E-state index contributed by atoms with van der Waals surface area (Å²) in [6.07, 6.45) is 5.79. The number of rotatable bonds is 5. The lowest BCUT2D eigenvalue weighted by Gasteiger charge is -2.27. The normalized spacial score (nSPS) is 18.4. The Morgan fingerprint density at radius 1 is 1.04 bits per heavy atom. The smallest absolute Gasteiger partial charge is 0.0580 e. The minimum atomic E-state index is 0.690. The molecule has 1 N–H and O–H groups in total. The zero-order valence-corrected chi connectivity index (χ0v) is 14.5. The molecule has 2 aliphatic rings. The molecule has 0 radical (unpaired) electrons. The Morgan fingerprint density at radius 3 is 2.70 bits per heavy atom. The van der Waals surface area contributed by atoms with Gasteiger partial charge in [0.15, 0.2) is 0 Å². The number of hydrogen-bond donors (Lipinski definition) is 1. The number of dihydropyridines is 1. The molecule has 1 aliphatic heterocycles. The van der Waals surface area contributed by atoms with Crippen LogP contribution in [-0.4, -0.2) is 6.54 Å². The molecule has 1 fully saturated rings. The summed E-state index contributed by atoms with van der Waals surface area (Å²) in [5, 5.41) is 3.46. The number of hydrogen-bond acceptors (Lipinski definition) is 2. The Kier molecular flexibility index (Phi) is 3.96. The van der Waals surface area contributed by atoms with Gasteiger partial charge in [-0.3, -0.25) is 0 Å². The van der Waals surface area contributed by atoms with E-state index in [-0.39, 0.29) is 0 Å². The fraction of sp³-hybridized carbons (Fsp3) is 0.200. The van der Waals surface area contributed by atoms with Crippen molar-refractivity contribution in [1.82, 2.24) is 5.32 Å². The molecule has 1 aliphatic carbocycles. The first-order chi connectivity index (χ1) is 11.3. The van der Waals surface area contributed by atoms with Crippen LogP contribution in [0.2, 0.25) is 0 Å². The third-order valence-electron chi connectivity index (χ3n) is 4.36. The largest absolute Gasteiger partial charge is 0.364 e. The monoisotopic (exact) mass is 366 g/mol. The number of anilines is 1. The molecule has 23 heavy (non-hydrogen) atoms. The molecular weight excluding hydrogens is 348 g/mol. The van der Waals surface area contributed by atoms with Crippen LogP contribution in [-0.2, 0) is 6.54 Å². The van der Waals surface area contributed by atoms with Gasteiger partial charge in [0.25, 0.3) is 0 Å². The maximum Gasteiger partial charge on any atom is 0.0580 e. The van der Waals surface area contributed by atoms with Crippen molar-refractivity contribution in [2.75, 3.05) is 11.4 Å². The van der Waals surface area contributed by atoms with Crippen LogP contribution in [0.15, 0.2) is 82.6 Å². The second kappa shape index (κ2) is 6.25. The van der Waals surface area contributed by atoms with E-state index in [1.54, 1.807) is 0 Å². The van der Waals surface area contributed by atoms with Crippen LogP contribution in [0.25, 0.3) is 0 Å². The van der Waals surface area contributed by atoms with Crippen LogP contribution in [0.4, 0.5) is 5.69 Å². The zero-order valence-electron chi connectivity index (χ0n) is 12.9. The van der Waals surface area contributed by atoms with Gasteiger partial charge < -0.3 is 10.2 Å². The Balaban J connectivity index is 1.56. The number of nitrogens with one attached hydrogen (secondary N) is 1. The van der Waals surface area contributed by atoms with Gasteiger partial charge in [-0.1, -0.05) is 52.3 Å². The van der Waals surface area contributed by atoms with Crippen LogP contribution < -0.4 is 10.2 Å². The van der Waals surface area contributed by atoms with Crippen molar-refractivity contribution in [3.05, 3.63) is 88.2 Å². The SMILES string of the molecule is Brc1cccc(CN(CC2=CC3CC3=CN2)c2ccccc2)c1. The topological polar surface area (TPSA) is 15.3 Å². The molecule has 4 rings (SSSR count). The van der Waals surface area contributed by atoms with Crippen molar-refractivity contribution < 1.29 is 0 Å². The molecule has 0 saturated heterocycles. The van der Waals surface area contributed by atoms with E-state index in [0.29, 0.717) is 5.92 Å². The summed E-state index contributed by atoms with van der Waals surface area (Å²) < 4.78 is 1.13. The van der Waals surface area contributed by atoms with Gasteiger partial charge >= 0.3 is 0 Å². The van der Waals surface area contributed by atoms with Crippen molar-refractivity contribution in [2.24, 2.45) is 5.92 Å². The molecule has 2 nitrogen and oxygen atoms in total. The van der Waals surface area contributed by atoms with Gasteiger partial charge in [0.2, 0.25) is 0 Å². The predicted molar refractivity (Wildman–Crippen MR) is 99.0 cm³/mol. The van der Waals surface area contributed by atoms with Crippen molar-refractivity contribution in [3.8, 4) is 0 Å². The standard InChI is InChI=1S/C20H19BrN2/c21-18-6-4-5-15(9-18)13-23(20-7-2-1-3-8-20)14-19-11-16-10-17(16)12-22-19/h1-9,11-12,16,22H,10,13-14H2. The Morgan fingerprint density at radius 2 is 1.91 bits per heavy atom. The van der Waals surface area contributed by atoms with E-state index in [0.717, 1.165) is 17.6 Å². The number of fused-ring (bicyclic) bond motifs is 1. The maximum atomic E-state index is 3.57. The van der Waals surface area contributed by atoms with E-state index >= 15 is 0 Å². The molecule has 2 aromatic carbocycles. The minimum Gasteiger partial charge on any atom is -0.364 e. The molecule has 3 heteroatoms. The van der Waals surface area contributed by atoms with E-state index in [9.17, 15) is 0 Å². The molecule has 0 amide bonds. The highest BCUT2D eigenvalue weighted by Gasteiger charge is 2.30. The first-order valence-corrected chi connectivity index (χ1v) is 8.78. The molecule has 1 heterocycles. The number of benzene rings is 2. The first-order valence-electron chi connectivity index (χ1n) is 7.98. The summed E-state index contributed by atoms with van der Waals surface area (Å²) in [4.78, 5) is 2.42.